The van der Waals surface area contributed by atoms with Crippen LogP contribution in [0.3, 0.4) is 0 Å². The monoisotopic (exact) mass is 298 g/mol. The Morgan fingerprint density at radius 1 is 1.55 bits per heavy atom. The van der Waals surface area contributed by atoms with Crippen molar-refractivity contribution in [2.75, 3.05) is 25.1 Å². The summed E-state index contributed by atoms with van der Waals surface area (Å²) in [7, 11) is 0. The molecule has 1 heterocycles. The summed E-state index contributed by atoms with van der Waals surface area (Å²) in [6.45, 7) is 5.56. The van der Waals surface area contributed by atoms with Gasteiger partial charge in [-0.25, -0.2) is 0 Å². The standard InChI is InChI=1S/C14H19ClN2O3/c1-9(2)20-13-4-3-10(7-11(13)15)17-14(18)12-8-19-6-5-16-12/h3-4,7,9,12,16H,5-6,8H2,1-2H3,(H,17,18). The van der Waals surface area contributed by atoms with E-state index >= 15 is 0 Å². The third-order valence-electron chi connectivity index (χ3n) is 2.80. The number of amides is 1. The van der Waals surface area contributed by atoms with Gasteiger partial charge in [-0.3, -0.25) is 4.79 Å². The Bertz CT molecular complexity index is 473. The van der Waals surface area contributed by atoms with Gasteiger partial charge in [-0.2, -0.15) is 0 Å². The molecule has 0 saturated carbocycles. The van der Waals surface area contributed by atoms with Gasteiger partial charge in [0.15, 0.2) is 0 Å². The van der Waals surface area contributed by atoms with Gasteiger partial charge in [0, 0.05) is 12.2 Å². The molecule has 110 valence electrons. The van der Waals surface area contributed by atoms with Crippen LogP contribution in [-0.2, 0) is 9.53 Å². The quantitative estimate of drug-likeness (QED) is 0.893. The molecule has 1 atom stereocenters. The summed E-state index contributed by atoms with van der Waals surface area (Å²) in [5, 5.41) is 6.38. The van der Waals surface area contributed by atoms with Gasteiger partial charge in [0.1, 0.15) is 11.8 Å². The number of carbonyl (C=O) groups excluding carboxylic acids is 1. The highest BCUT2D eigenvalue weighted by molar-refractivity contribution is 6.32. The molecule has 1 aromatic carbocycles. The van der Waals surface area contributed by atoms with Gasteiger partial charge >= 0.3 is 0 Å². The Balaban J connectivity index is 1.99. The van der Waals surface area contributed by atoms with E-state index in [2.05, 4.69) is 10.6 Å². The summed E-state index contributed by atoms with van der Waals surface area (Å²) >= 11 is 6.13. The first-order valence-corrected chi connectivity index (χ1v) is 7.02. The molecule has 1 amide bonds. The average molecular weight is 299 g/mol. The highest BCUT2D eigenvalue weighted by atomic mass is 35.5. The fraction of sp³-hybridized carbons (Fsp3) is 0.500. The largest absolute Gasteiger partial charge is 0.489 e. The molecule has 20 heavy (non-hydrogen) atoms. The summed E-state index contributed by atoms with van der Waals surface area (Å²) in [6.07, 6.45) is 0.0523. The minimum atomic E-state index is -0.325. The lowest BCUT2D eigenvalue weighted by Gasteiger charge is -2.23. The van der Waals surface area contributed by atoms with Crippen molar-refractivity contribution in [3.05, 3.63) is 23.2 Å². The second-order valence-electron chi connectivity index (χ2n) is 4.88. The number of hydrogen-bond acceptors (Lipinski definition) is 4. The SMILES string of the molecule is CC(C)Oc1ccc(NC(=O)C2COCCN2)cc1Cl. The molecular formula is C14H19ClN2O3. The minimum absolute atomic E-state index is 0.0523. The van der Waals surface area contributed by atoms with E-state index in [0.29, 0.717) is 36.2 Å². The van der Waals surface area contributed by atoms with Crippen molar-refractivity contribution in [2.45, 2.75) is 26.0 Å². The lowest BCUT2D eigenvalue weighted by atomic mass is 10.2. The van der Waals surface area contributed by atoms with Crippen molar-refractivity contribution in [3.8, 4) is 5.75 Å². The molecule has 1 aliphatic heterocycles. The minimum Gasteiger partial charge on any atom is -0.489 e. The van der Waals surface area contributed by atoms with E-state index in [1.54, 1.807) is 18.2 Å². The molecule has 0 spiro atoms. The molecule has 1 aromatic rings. The maximum atomic E-state index is 12.0. The smallest absolute Gasteiger partial charge is 0.243 e. The number of carbonyl (C=O) groups is 1. The number of morpholine rings is 1. The maximum Gasteiger partial charge on any atom is 0.243 e. The molecule has 0 bridgehead atoms. The van der Waals surface area contributed by atoms with Crippen molar-refractivity contribution in [3.63, 3.8) is 0 Å². The van der Waals surface area contributed by atoms with Gasteiger partial charge in [-0.05, 0) is 32.0 Å². The molecule has 1 fully saturated rings. The first kappa shape index (κ1) is 15.1. The molecule has 0 aliphatic carbocycles. The van der Waals surface area contributed by atoms with E-state index in [4.69, 9.17) is 21.1 Å². The lowest BCUT2D eigenvalue weighted by Crippen LogP contribution is -2.48. The van der Waals surface area contributed by atoms with Crippen LogP contribution in [0.2, 0.25) is 5.02 Å². The van der Waals surface area contributed by atoms with Crippen LogP contribution in [0, 0.1) is 0 Å². The maximum absolute atomic E-state index is 12.0. The van der Waals surface area contributed by atoms with Crippen LogP contribution in [-0.4, -0.2) is 37.8 Å². The van der Waals surface area contributed by atoms with Gasteiger partial charge in [-0.1, -0.05) is 11.6 Å². The molecule has 2 rings (SSSR count). The highest BCUT2D eigenvalue weighted by Crippen LogP contribution is 2.28. The Morgan fingerprint density at radius 3 is 2.95 bits per heavy atom. The Morgan fingerprint density at radius 2 is 2.35 bits per heavy atom. The predicted molar refractivity (Wildman–Crippen MR) is 78.5 cm³/mol. The number of ether oxygens (including phenoxy) is 2. The zero-order valence-corrected chi connectivity index (χ0v) is 12.4. The molecule has 2 N–H and O–H groups in total. The van der Waals surface area contributed by atoms with Crippen molar-refractivity contribution in [2.24, 2.45) is 0 Å². The fourth-order valence-corrected chi connectivity index (χ4v) is 2.12. The Hall–Kier alpha value is -1.30. The van der Waals surface area contributed by atoms with E-state index in [9.17, 15) is 4.79 Å². The van der Waals surface area contributed by atoms with Gasteiger partial charge in [0.2, 0.25) is 5.91 Å². The Labute approximate surface area is 123 Å². The molecule has 1 saturated heterocycles. The van der Waals surface area contributed by atoms with Crippen LogP contribution < -0.4 is 15.4 Å². The Kier molecular flexibility index (Phi) is 5.23. The second-order valence-corrected chi connectivity index (χ2v) is 5.29. The van der Waals surface area contributed by atoms with Gasteiger partial charge in [0.05, 0.1) is 24.3 Å². The molecule has 1 unspecified atom stereocenters. The number of benzene rings is 1. The van der Waals surface area contributed by atoms with Crippen molar-refractivity contribution >= 4 is 23.2 Å². The number of rotatable bonds is 4. The van der Waals surface area contributed by atoms with Crippen molar-refractivity contribution in [1.29, 1.82) is 0 Å². The molecule has 0 radical (unpaired) electrons. The van der Waals surface area contributed by atoms with Crippen LogP contribution >= 0.6 is 11.6 Å². The van der Waals surface area contributed by atoms with Gasteiger partial charge in [-0.15, -0.1) is 0 Å². The van der Waals surface area contributed by atoms with Gasteiger partial charge < -0.3 is 20.1 Å². The second kappa shape index (κ2) is 6.92. The lowest BCUT2D eigenvalue weighted by molar-refractivity contribution is -0.120. The number of nitrogens with one attached hydrogen (secondary N) is 2. The van der Waals surface area contributed by atoms with Crippen LogP contribution in [0.4, 0.5) is 5.69 Å². The van der Waals surface area contributed by atoms with Gasteiger partial charge in [0.25, 0.3) is 0 Å². The summed E-state index contributed by atoms with van der Waals surface area (Å²) in [4.78, 5) is 12.0. The van der Waals surface area contributed by atoms with E-state index < -0.39 is 0 Å². The third-order valence-corrected chi connectivity index (χ3v) is 3.10. The predicted octanol–water partition coefficient (Wildman–Crippen LogP) is 2.05. The van der Waals surface area contributed by atoms with Crippen molar-refractivity contribution < 1.29 is 14.3 Å². The number of anilines is 1. The molecule has 5 nitrogen and oxygen atoms in total. The number of hydrogen-bond donors (Lipinski definition) is 2. The zero-order chi connectivity index (χ0) is 14.5. The zero-order valence-electron chi connectivity index (χ0n) is 11.6. The average Bonchev–Trinajstić information content (AvgIpc) is 2.42. The molecular weight excluding hydrogens is 280 g/mol. The molecule has 0 aromatic heterocycles. The normalized spacial score (nSPS) is 18.9. The van der Waals surface area contributed by atoms with Crippen LogP contribution in [0.15, 0.2) is 18.2 Å². The first-order valence-electron chi connectivity index (χ1n) is 6.64. The van der Waals surface area contributed by atoms with Crippen LogP contribution in [0.25, 0.3) is 0 Å². The molecule has 6 heteroatoms. The van der Waals surface area contributed by atoms with Crippen LogP contribution in [0.5, 0.6) is 5.75 Å². The summed E-state index contributed by atoms with van der Waals surface area (Å²) < 4.78 is 10.8. The molecule has 1 aliphatic rings. The van der Waals surface area contributed by atoms with E-state index in [0.717, 1.165) is 0 Å². The van der Waals surface area contributed by atoms with Crippen LogP contribution in [0.1, 0.15) is 13.8 Å². The van der Waals surface area contributed by atoms with E-state index in [1.165, 1.54) is 0 Å². The van der Waals surface area contributed by atoms with Crippen molar-refractivity contribution in [1.82, 2.24) is 5.32 Å². The fourth-order valence-electron chi connectivity index (χ4n) is 1.89. The summed E-state index contributed by atoms with van der Waals surface area (Å²) in [5.41, 5.74) is 0.642. The number of halogens is 1. The van der Waals surface area contributed by atoms with E-state index in [-0.39, 0.29) is 18.1 Å². The highest BCUT2D eigenvalue weighted by Gasteiger charge is 2.21. The van der Waals surface area contributed by atoms with E-state index in [1.807, 2.05) is 13.8 Å². The third kappa shape index (κ3) is 4.10. The summed E-state index contributed by atoms with van der Waals surface area (Å²) in [6, 6.07) is 4.88. The topological polar surface area (TPSA) is 59.6 Å². The first-order chi connectivity index (χ1) is 9.56. The summed E-state index contributed by atoms with van der Waals surface area (Å²) in [5.74, 6) is 0.483.